The van der Waals surface area contributed by atoms with Gasteiger partial charge in [0.05, 0.1) is 0 Å². The van der Waals surface area contributed by atoms with Crippen molar-refractivity contribution >= 4 is 17.2 Å². The molecular formula is C2H6OSi2. The second-order valence-electron chi connectivity index (χ2n) is 1.10. The van der Waals surface area contributed by atoms with Crippen molar-refractivity contribution in [1.82, 2.24) is 0 Å². The second kappa shape index (κ2) is 2.47. The van der Waals surface area contributed by atoms with Crippen LogP contribution in [0.1, 0.15) is 0 Å². The Morgan fingerprint density at radius 2 is 1.80 bits per heavy atom. The molecule has 2 radical (unpaired) electrons. The van der Waals surface area contributed by atoms with Crippen LogP contribution in [0.25, 0.3) is 0 Å². The molecule has 0 bridgehead atoms. The standard InChI is InChI=1S/C2H6OSi2/c1-5(2)4-3/h1-2H3. The Morgan fingerprint density at radius 3 is 1.80 bits per heavy atom. The van der Waals surface area contributed by atoms with E-state index in [9.17, 15) is 4.46 Å². The minimum absolute atomic E-state index is 0.0340. The maximum atomic E-state index is 9.70. The van der Waals surface area contributed by atoms with E-state index in [-0.39, 0.29) is 8.92 Å². The fourth-order valence-electron chi connectivity index (χ4n) is 0. The van der Waals surface area contributed by atoms with Gasteiger partial charge in [-0.1, -0.05) is 13.1 Å². The van der Waals surface area contributed by atoms with Gasteiger partial charge in [0, 0.05) is 0 Å². The van der Waals surface area contributed by atoms with Crippen molar-refractivity contribution in [3.63, 3.8) is 0 Å². The molecule has 0 aliphatic heterocycles. The summed E-state index contributed by atoms with van der Waals surface area (Å²) >= 11 is 0. The van der Waals surface area contributed by atoms with Gasteiger partial charge < -0.3 is 4.46 Å². The SMILES string of the molecule is C[Si](C)[Si]=O. The van der Waals surface area contributed by atoms with E-state index in [0.717, 1.165) is 0 Å². The van der Waals surface area contributed by atoms with Gasteiger partial charge in [0.2, 0.25) is 0 Å². The van der Waals surface area contributed by atoms with Gasteiger partial charge in [0.25, 0.3) is 8.92 Å². The highest BCUT2D eigenvalue weighted by molar-refractivity contribution is 7.04. The monoisotopic (exact) mass is 102 g/mol. The lowest BCUT2D eigenvalue weighted by Gasteiger charge is -1.71. The van der Waals surface area contributed by atoms with E-state index in [4.69, 9.17) is 0 Å². The zero-order valence-corrected chi connectivity index (χ0v) is 5.41. The molecule has 28 valence electrons. The highest BCUT2D eigenvalue weighted by Gasteiger charge is 1.88. The van der Waals surface area contributed by atoms with Gasteiger partial charge in [0.1, 0.15) is 8.31 Å². The van der Waals surface area contributed by atoms with Gasteiger partial charge in [0.15, 0.2) is 0 Å². The van der Waals surface area contributed by atoms with Crippen LogP contribution < -0.4 is 0 Å². The minimum Gasteiger partial charge on any atom is -0.390 e. The number of hydrogen-bond donors (Lipinski definition) is 0. The van der Waals surface area contributed by atoms with Crippen LogP contribution in [0.15, 0.2) is 0 Å². The summed E-state index contributed by atoms with van der Waals surface area (Å²) in [5.41, 5.74) is 0. The van der Waals surface area contributed by atoms with Gasteiger partial charge in [-0.25, -0.2) is 0 Å². The topological polar surface area (TPSA) is 17.1 Å². The Morgan fingerprint density at radius 1 is 1.60 bits per heavy atom. The van der Waals surface area contributed by atoms with E-state index in [1.54, 1.807) is 0 Å². The van der Waals surface area contributed by atoms with Gasteiger partial charge in [-0.3, -0.25) is 0 Å². The zero-order chi connectivity index (χ0) is 4.28. The fraction of sp³-hybridized carbons (Fsp3) is 1.00. The van der Waals surface area contributed by atoms with Gasteiger partial charge in [-0.05, 0) is 0 Å². The Bertz CT molecular complexity index is 34.6. The van der Waals surface area contributed by atoms with E-state index in [1.807, 2.05) is 13.1 Å². The van der Waals surface area contributed by atoms with Gasteiger partial charge >= 0.3 is 0 Å². The molecule has 0 aromatic heterocycles. The lowest BCUT2D eigenvalue weighted by molar-refractivity contribution is 0.585. The predicted octanol–water partition coefficient (Wildman–Crippen LogP) is 0.287. The summed E-state index contributed by atoms with van der Waals surface area (Å²) in [5, 5.41) is 0. The molecule has 0 saturated heterocycles. The molecule has 0 saturated carbocycles. The third-order valence-corrected chi connectivity index (χ3v) is 1.84. The lowest BCUT2D eigenvalue weighted by atomic mass is 11.9. The Hall–Kier alpha value is 0.234. The zero-order valence-electron chi connectivity index (χ0n) is 3.41. The van der Waals surface area contributed by atoms with Crippen LogP contribution in [0.2, 0.25) is 13.1 Å². The van der Waals surface area contributed by atoms with Crippen LogP contribution in [0.3, 0.4) is 0 Å². The van der Waals surface area contributed by atoms with Crippen molar-refractivity contribution in [3.8, 4) is 0 Å². The summed E-state index contributed by atoms with van der Waals surface area (Å²) in [6, 6.07) is 0. The first-order valence-electron chi connectivity index (χ1n) is 1.45. The largest absolute Gasteiger partial charge is 0.390 e. The van der Waals surface area contributed by atoms with E-state index < -0.39 is 8.31 Å². The van der Waals surface area contributed by atoms with E-state index in [2.05, 4.69) is 0 Å². The lowest BCUT2D eigenvalue weighted by Crippen LogP contribution is -2.01. The molecule has 3 heteroatoms. The molecule has 0 aromatic carbocycles. The molecule has 0 unspecified atom stereocenters. The minimum atomic E-state index is -0.402. The third kappa shape index (κ3) is 4.23. The maximum Gasteiger partial charge on any atom is 0.298 e. The number of hydrogen-bond acceptors (Lipinski definition) is 1. The van der Waals surface area contributed by atoms with Gasteiger partial charge in [-0.15, -0.1) is 0 Å². The highest BCUT2D eigenvalue weighted by atomic mass is 29.2. The van der Waals surface area contributed by atoms with Crippen molar-refractivity contribution in [1.29, 1.82) is 0 Å². The van der Waals surface area contributed by atoms with Crippen molar-refractivity contribution in [3.05, 3.63) is 0 Å². The normalized spacial score (nSPS) is 8.60. The molecule has 0 rings (SSSR count). The molecule has 0 aliphatic rings. The first-order valence-corrected chi connectivity index (χ1v) is 5.86. The average molecular weight is 102 g/mol. The van der Waals surface area contributed by atoms with Crippen LogP contribution in [-0.2, 0) is 4.46 Å². The first kappa shape index (κ1) is 5.23. The molecule has 0 spiro atoms. The average Bonchev–Trinajstić information content (AvgIpc) is 1.38. The summed E-state index contributed by atoms with van der Waals surface area (Å²) in [7, 11) is -0.436. The first-order chi connectivity index (χ1) is 2.27. The van der Waals surface area contributed by atoms with Crippen molar-refractivity contribution in [2.45, 2.75) is 13.1 Å². The molecule has 0 fully saturated rings. The molecule has 0 atom stereocenters. The van der Waals surface area contributed by atoms with E-state index in [1.165, 1.54) is 0 Å². The van der Waals surface area contributed by atoms with Crippen LogP contribution in [0, 0.1) is 0 Å². The molecular weight excluding hydrogens is 96.2 g/mol. The maximum absolute atomic E-state index is 9.70. The summed E-state index contributed by atoms with van der Waals surface area (Å²) < 4.78 is 9.70. The summed E-state index contributed by atoms with van der Waals surface area (Å²) in [5.74, 6) is 0. The van der Waals surface area contributed by atoms with Crippen LogP contribution in [0.5, 0.6) is 0 Å². The smallest absolute Gasteiger partial charge is 0.298 e. The second-order valence-corrected chi connectivity index (χ2v) is 6.92. The summed E-state index contributed by atoms with van der Waals surface area (Å²) in [6.07, 6.45) is 0. The Labute approximate surface area is 35.7 Å². The molecule has 1 nitrogen and oxygen atoms in total. The van der Waals surface area contributed by atoms with Crippen molar-refractivity contribution < 1.29 is 4.46 Å². The molecule has 0 heterocycles. The predicted molar refractivity (Wildman–Crippen MR) is 23.9 cm³/mol. The van der Waals surface area contributed by atoms with Crippen LogP contribution in [-0.4, -0.2) is 17.2 Å². The quantitative estimate of drug-likeness (QED) is 0.435. The van der Waals surface area contributed by atoms with E-state index in [0.29, 0.717) is 0 Å². The van der Waals surface area contributed by atoms with Gasteiger partial charge in [-0.2, -0.15) is 0 Å². The third-order valence-electron chi connectivity index (χ3n) is 0.204. The van der Waals surface area contributed by atoms with Crippen LogP contribution >= 0.6 is 0 Å². The Balaban J connectivity index is 2.83. The molecule has 0 aromatic rings. The fourth-order valence-corrected chi connectivity index (χ4v) is 0. The molecule has 0 N–H and O–H groups in total. The summed E-state index contributed by atoms with van der Waals surface area (Å²) in [6.45, 7) is 4.05. The van der Waals surface area contributed by atoms with Crippen molar-refractivity contribution in [2.75, 3.05) is 0 Å². The van der Waals surface area contributed by atoms with E-state index >= 15 is 0 Å². The van der Waals surface area contributed by atoms with Crippen LogP contribution in [0.4, 0.5) is 0 Å². The molecule has 0 amide bonds. The summed E-state index contributed by atoms with van der Waals surface area (Å²) in [4.78, 5) is 0. The Kier molecular flexibility index (Phi) is 2.59. The van der Waals surface area contributed by atoms with Crippen molar-refractivity contribution in [2.24, 2.45) is 0 Å². The highest BCUT2D eigenvalue weighted by Crippen LogP contribution is 1.62. The molecule has 0 aliphatic carbocycles. The number of rotatable bonds is 1. The molecule has 5 heavy (non-hydrogen) atoms.